The van der Waals surface area contributed by atoms with Gasteiger partial charge in [-0.05, 0) is 36.4 Å². The number of benzene rings is 2. The van der Waals surface area contributed by atoms with Crippen molar-refractivity contribution < 1.29 is 6.17 Å². The third-order valence-corrected chi connectivity index (χ3v) is 3.24. The molecule has 0 radical (unpaired) electrons. The molecule has 0 saturated carbocycles. The van der Waals surface area contributed by atoms with Crippen LogP contribution in [0.4, 0.5) is 0 Å². The number of fused-ring (bicyclic) bond motifs is 1. The van der Waals surface area contributed by atoms with Crippen molar-refractivity contribution in [3.05, 3.63) is 58.8 Å². The lowest BCUT2D eigenvalue weighted by Gasteiger charge is -2.04. The van der Waals surface area contributed by atoms with Gasteiger partial charge in [0.25, 0.3) is 0 Å². The molecule has 0 fully saturated rings. The molecule has 0 aliphatic heterocycles. The number of carbonyl (C=O) groups is 1. The smallest absolute Gasteiger partial charge is 0.150 e. The third kappa shape index (κ3) is 1.84. The molecular formula is C14H9BrN2O. The molecular weight excluding hydrogens is 292 g/mol. The van der Waals surface area contributed by atoms with Crippen molar-refractivity contribution in [1.29, 1.82) is 0 Å². The molecule has 3 rings (SSSR count). The minimum atomic E-state index is -0.695. The zero-order valence-electron chi connectivity index (χ0n) is 10.3. The van der Waals surface area contributed by atoms with Crippen molar-refractivity contribution in [3.8, 4) is 5.69 Å². The highest BCUT2D eigenvalue weighted by atomic mass is 79.9. The summed E-state index contributed by atoms with van der Waals surface area (Å²) in [6.07, 6.45) is 1.02. The molecule has 0 amide bonds. The highest BCUT2D eigenvalue weighted by Crippen LogP contribution is 2.21. The molecule has 0 unspecified atom stereocenters. The zero-order chi connectivity index (χ0) is 13.4. The summed E-state index contributed by atoms with van der Waals surface area (Å²) < 4.78 is 10.0. The SMILES string of the molecule is [2H]C(=O)c1ccc2c(c1)ncn2-c1cccc(Br)c1. The van der Waals surface area contributed by atoms with E-state index in [4.69, 9.17) is 1.37 Å². The molecule has 0 N–H and O–H groups in total. The van der Waals surface area contributed by atoms with Crippen molar-refractivity contribution in [2.24, 2.45) is 0 Å². The summed E-state index contributed by atoms with van der Waals surface area (Å²) in [5.41, 5.74) is 2.95. The monoisotopic (exact) mass is 301 g/mol. The van der Waals surface area contributed by atoms with Crippen LogP contribution in [-0.2, 0) is 0 Å². The molecule has 0 spiro atoms. The molecule has 0 bridgehead atoms. The lowest BCUT2D eigenvalue weighted by Crippen LogP contribution is -1.91. The van der Waals surface area contributed by atoms with Gasteiger partial charge in [-0.1, -0.05) is 22.0 Å². The first-order chi connectivity index (χ1) is 9.15. The van der Waals surface area contributed by atoms with Crippen LogP contribution in [0.5, 0.6) is 0 Å². The molecule has 0 atom stereocenters. The Morgan fingerprint density at radius 1 is 1.28 bits per heavy atom. The van der Waals surface area contributed by atoms with E-state index in [1.54, 1.807) is 18.5 Å². The van der Waals surface area contributed by atoms with Crippen LogP contribution in [0, 0.1) is 0 Å². The number of aldehydes is 1. The highest BCUT2D eigenvalue weighted by molar-refractivity contribution is 9.10. The molecule has 3 aromatic rings. The van der Waals surface area contributed by atoms with E-state index in [0.29, 0.717) is 11.1 Å². The first kappa shape index (κ1) is 10.0. The Hall–Kier alpha value is -1.94. The van der Waals surface area contributed by atoms with Crippen LogP contribution in [0.15, 0.2) is 53.3 Å². The number of aromatic nitrogens is 2. The van der Waals surface area contributed by atoms with Gasteiger partial charge in [-0.25, -0.2) is 4.98 Å². The van der Waals surface area contributed by atoms with Gasteiger partial charge >= 0.3 is 0 Å². The van der Waals surface area contributed by atoms with Gasteiger partial charge in [-0.3, -0.25) is 9.36 Å². The molecule has 18 heavy (non-hydrogen) atoms. The van der Waals surface area contributed by atoms with Gasteiger partial charge in [0.15, 0.2) is 0 Å². The summed E-state index contributed by atoms with van der Waals surface area (Å²) in [4.78, 5) is 15.3. The molecule has 1 aromatic heterocycles. The summed E-state index contributed by atoms with van der Waals surface area (Å²) >= 11 is 3.44. The number of carbonyl (C=O) groups excluding carboxylic acids is 1. The van der Waals surface area contributed by atoms with Gasteiger partial charge in [0.2, 0.25) is 0 Å². The summed E-state index contributed by atoms with van der Waals surface area (Å²) in [6, 6.07) is 13.0. The van der Waals surface area contributed by atoms with Crippen molar-refractivity contribution >= 4 is 33.2 Å². The number of hydrogen-bond acceptors (Lipinski definition) is 2. The van der Waals surface area contributed by atoms with E-state index in [1.165, 1.54) is 0 Å². The van der Waals surface area contributed by atoms with Crippen molar-refractivity contribution in [2.75, 3.05) is 0 Å². The number of rotatable bonds is 2. The van der Waals surface area contributed by atoms with Gasteiger partial charge < -0.3 is 0 Å². The predicted octanol–water partition coefficient (Wildman–Crippen LogP) is 3.60. The van der Waals surface area contributed by atoms with E-state index in [2.05, 4.69) is 20.9 Å². The van der Waals surface area contributed by atoms with Crippen LogP contribution >= 0.6 is 15.9 Å². The van der Waals surface area contributed by atoms with Crippen LogP contribution in [-0.4, -0.2) is 15.8 Å². The van der Waals surface area contributed by atoms with E-state index in [9.17, 15) is 4.79 Å². The second-order valence-electron chi connectivity index (χ2n) is 3.90. The Bertz CT molecular complexity index is 782. The van der Waals surface area contributed by atoms with E-state index in [-0.39, 0.29) is 0 Å². The predicted molar refractivity (Wildman–Crippen MR) is 74.2 cm³/mol. The van der Waals surface area contributed by atoms with Crippen molar-refractivity contribution in [1.82, 2.24) is 9.55 Å². The summed E-state index contributed by atoms with van der Waals surface area (Å²) in [5, 5.41) is 0. The van der Waals surface area contributed by atoms with Gasteiger partial charge in [-0.2, -0.15) is 0 Å². The number of imidazole rings is 1. The van der Waals surface area contributed by atoms with Crippen LogP contribution in [0.3, 0.4) is 0 Å². The minimum Gasteiger partial charge on any atom is -0.299 e. The Labute approximate surface area is 114 Å². The summed E-state index contributed by atoms with van der Waals surface area (Å²) in [7, 11) is 0. The number of halogens is 1. The van der Waals surface area contributed by atoms with E-state index < -0.39 is 6.26 Å². The first-order valence-electron chi connectivity index (χ1n) is 5.89. The van der Waals surface area contributed by atoms with E-state index >= 15 is 0 Å². The molecule has 0 aliphatic rings. The van der Waals surface area contributed by atoms with E-state index in [0.717, 1.165) is 15.7 Å². The molecule has 4 heteroatoms. The third-order valence-electron chi connectivity index (χ3n) is 2.75. The topological polar surface area (TPSA) is 34.9 Å². The highest BCUT2D eigenvalue weighted by Gasteiger charge is 2.05. The normalized spacial score (nSPS) is 11.5. The summed E-state index contributed by atoms with van der Waals surface area (Å²) in [6.45, 7) is 0. The Kier molecular flexibility index (Phi) is 2.44. The van der Waals surface area contributed by atoms with Crippen molar-refractivity contribution in [2.45, 2.75) is 0 Å². The average molecular weight is 302 g/mol. The quantitative estimate of drug-likeness (QED) is 0.678. The fourth-order valence-electron chi connectivity index (χ4n) is 1.91. The Morgan fingerprint density at radius 2 is 2.17 bits per heavy atom. The average Bonchev–Trinajstić information content (AvgIpc) is 2.81. The van der Waals surface area contributed by atoms with E-state index in [1.807, 2.05) is 34.9 Å². The summed E-state index contributed by atoms with van der Waals surface area (Å²) in [5.74, 6) is 0. The number of nitrogens with zero attached hydrogens (tertiary/aromatic N) is 2. The molecule has 1 heterocycles. The fourth-order valence-corrected chi connectivity index (χ4v) is 2.30. The second-order valence-corrected chi connectivity index (χ2v) is 4.82. The number of hydrogen-bond donors (Lipinski definition) is 0. The van der Waals surface area contributed by atoms with Gasteiger partial charge in [0.1, 0.15) is 14.0 Å². The first-order valence-corrected chi connectivity index (χ1v) is 6.18. The molecule has 88 valence electrons. The molecule has 3 nitrogen and oxygen atoms in total. The fraction of sp³-hybridized carbons (Fsp3) is 0. The van der Waals surface area contributed by atoms with Crippen LogP contribution in [0.2, 0.25) is 0 Å². The lowest BCUT2D eigenvalue weighted by atomic mass is 10.2. The van der Waals surface area contributed by atoms with Gasteiger partial charge in [0.05, 0.1) is 11.0 Å². The standard InChI is InChI=1S/C14H9BrN2O/c15-11-2-1-3-12(7-11)17-9-16-13-6-10(8-18)4-5-14(13)17/h1-9H/i8D. The minimum absolute atomic E-state index is 0.354. The second kappa shape index (κ2) is 4.38. The molecule has 0 aliphatic carbocycles. The zero-order valence-corrected chi connectivity index (χ0v) is 10.9. The maximum atomic E-state index is 11.0. The Balaban J connectivity index is 2.18. The molecule has 0 saturated heterocycles. The largest absolute Gasteiger partial charge is 0.299 e. The Morgan fingerprint density at radius 3 is 2.94 bits per heavy atom. The van der Waals surface area contributed by atoms with Crippen LogP contribution in [0.25, 0.3) is 16.7 Å². The lowest BCUT2D eigenvalue weighted by molar-refractivity contribution is 0.112. The maximum absolute atomic E-state index is 11.0. The van der Waals surface area contributed by atoms with Gasteiger partial charge in [-0.15, -0.1) is 0 Å². The molecule has 2 aromatic carbocycles. The van der Waals surface area contributed by atoms with Crippen LogP contribution in [0.1, 0.15) is 11.7 Å². The van der Waals surface area contributed by atoms with Gasteiger partial charge in [0, 0.05) is 15.7 Å². The van der Waals surface area contributed by atoms with Crippen LogP contribution < -0.4 is 0 Å². The van der Waals surface area contributed by atoms with Crippen molar-refractivity contribution in [3.63, 3.8) is 0 Å². The maximum Gasteiger partial charge on any atom is 0.150 e.